The predicted molar refractivity (Wildman–Crippen MR) is 76.7 cm³/mol. The summed E-state index contributed by atoms with van der Waals surface area (Å²) in [5, 5.41) is 0. The quantitative estimate of drug-likeness (QED) is 0.586. The Kier molecular flexibility index (Phi) is 4.90. The average Bonchev–Trinajstić information content (AvgIpc) is 2.80. The van der Waals surface area contributed by atoms with Crippen molar-refractivity contribution in [3.05, 3.63) is 30.1 Å². The molecular weight excluding hydrogens is 240 g/mol. The van der Waals surface area contributed by atoms with Crippen molar-refractivity contribution < 1.29 is 4.74 Å². The van der Waals surface area contributed by atoms with Crippen LogP contribution in [0.25, 0.3) is 11.0 Å². The normalized spacial score (nSPS) is 13.0. The maximum Gasteiger partial charge on any atom is 0.111 e. The molecule has 1 unspecified atom stereocenters. The third-order valence-corrected chi connectivity index (χ3v) is 3.38. The van der Waals surface area contributed by atoms with E-state index in [2.05, 4.69) is 23.0 Å². The molecule has 104 valence electrons. The fourth-order valence-electron chi connectivity index (χ4n) is 2.36. The summed E-state index contributed by atoms with van der Waals surface area (Å²) in [6.07, 6.45) is 1.68. The number of hydrogen-bond donors (Lipinski definition) is 2. The number of para-hydroxylation sites is 2. The van der Waals surface area contributed by atoms with Gasteiger partial charge in [0.05, 0.1) is 11.0 Å². The smallest absolute Gasteiger partial charge is 0.111 e. The van der Waals surface area contributed by atoms with Gasteiger partial charge in [0.2, 0.25) is 0 Å². The molecule has 0 fully saturated rings. The minimum absolute atomic E-state index is 0.182. The van der Waals surface area contributed by atoms with E-state index >= 15 is 0 Å². The molecular formula is C14H22N4O. The van der Waals surface area contributed by atoms with Gasteiger partial charge in [0.25, 0.3) is 0 Å². The molecule has 0 saturated carbocycles. The zero-order valence-electron chi connectivity index (χ0n) is 11.6. The van der Waals surface area contributed by atoms with Crippen molar-refractivity contribution in [1.82, 2.24) is 15.0 Å². The molecule has 1 heterocycles. The Bertz CT molecular complexity index is 523. The van der Waals surface area contributed by atoms with Crippen LogP contribution in [0.5, 0.6) is 0 Å². The Morgan fingerprint density at radius 3 is 2.89 bits per heavy atom. The van der Waals surface area contributed by atoms with Crippen molar-refractivity contribution in [3.8, 4) is 0 Å². The van der Waals surface area contributed by atoms with E-state index in [1.54, 1.807) is 7.11 Å². The molecule has 3 N–H and O–H groups in total. The molecule has 2 rings (SSSR count). The van der Waals surface area contributed by atoms with Crippen LogP contribution < -0.4 is 11.3 Å². The van der Waals surface area contributed by atoms with Gasteiger partial charge < -0.3 is 9.30 Å². The lowest BCUT2D eigenvalue weighted by Crippen LogP contribution is -2.38. The van der Waals surface area contributed by atoms with E-state index in [4.69, 9.17) is 15.6 Å². The number of imidazole rings is 1. The largest absolute Gasteiger partial charge is 0.385 e. The van der Waals surface area contributed by atoms with Crippen LogP contribution in [0.3, 0.4) is 0 Å². The van der Waals surface area contributed by atoms with Crippen LogP contribution in [0.4, 0.5) is 0 Å². The monoisotopic (exact) mass is 262 g/mol. The summed E-state index contributed by atoms with van der Waals surface area (Å²) in [5.74, 6) is 6.68. The van der Waals surface area contributed by atoms with Crippen molar-refractivity contribution in [3.63, 3.8) is 0 Å². The third-order valence-electron chi connectivity index (χ3n) is 3.38. The van der Waals surface area contributed by atoms with Crippen LogP contribution >= 0.6 is 0 Å². The molecule has 5 nitrogen and oxygen atoms in total. The van der Waals surface area contributed by atoms with Gasteiger partial charge in [0, 0.05) is 32.7 Å². The summed E-state index contributed by atoms with van der Waals surface area (Å²) in [7, 11) is 1.70. The molecule has 19 heavy (non-hydrogen) atoms. The van der Waals surface area contributed by atoms with Crippen molar-refractivity contribution in [2.45, 2.75) is 32.4 Å². The molecule has 1 atom stereocenters. The van der Waals surface area contributed by atoms with Crippen molar-refractivity contribution in [1.29, 1.82) is 0 Å². The molecule has 5 heteroatoms. The lowest BCUT2D eigenvalue weighted by Gasteiger charge is -2.15. The van der Waals surface area contributed by atoms with Crippen molar-refractivity contribution >= 4 is 11.0 Å². The van der Waals surface area contributed by atoms with Crippen LogP contribution in [0, 0.1) is 0 Å². The van der Waals surface area contributed by atoms with E-state index in [-0.39, 0.29) is 6.04 Å². The zero-order chi connectivity index (χ0) is 13.7. The van der Waals surface area contributed by atoms with Gasteiger partial charge in [0.1, 0.15) is 5.82 Å². The Labute approximate surface area is 113 Å². The highest BCUT2D eigenvalue weighted by atomic mass is 16.5. The first-order valence-corrected chi connectivity index (χ1v) is 6.69. The summed E-state index contributed by atoms with van der Waals surface area (Å²) < 4.78 is 7.35. The molecule has 0 spiro atoms. The number of nitrogens with one attached hydrogen (secondary N) is 1. The summed E-state index contributed by atoms with van der Waals surface area (Å²) >= 11 is 0. The van der Waals surface area contributed by atoms with E-state index in [0.29, 0.717) is 6.61 Å². The SMILES string of the molecule is CCn1c(CC(CCOC)NN)nc2ccccc21. The van der Waals surface area contributed by atoms with E-state index in [1.807, 2.05) is 18.2 Å². The molecule has 0 bridgehead atoms. The number of rotatable bonds is 7. The first-order chi connectivity index (χ1) is 9.30. The number of ether oxygens (including phenoxy) is 1. The standard InChI is InChI=1S/C14H22N4O/c1-3-18-13-7-5-4-6-12(13)16-14(18)10-11(17-15)8-9-19-2/h4-7,11,17H,3,8-10,15H2,1-2H3. The molecule has 0 amide bonds. The van der Waals surface area contributed by atoms with E-state index in [9.17, 15) is 0 Å². The zero-order valence-corrected chi connectivity index (χ0v) is 11.6. The highest BCUT2D eigenvalue weighted by Crippen LogP contribution is 2.17. The van der Waals surface area contributed by atoms with Gasteiger partial charge in [-0.3, -0.25) is 11.3 Å². The second kappa shape index (κ2) is 6.65. The highest BCUT2D eigenvalue weighted by molar-refractivity contribution is 5.75. The fraction of sp³-hybridized carbons (Fsp3) is 0.500. The molecule has 0 aliphatic heterocycles. The number of aromatic nitrogens is 2. The molecule has 0 radical (unpaired) electrons. The minimum Gasteiger partial charge on any atom is -0.385 e. The lowest BCUT2D eigenvalue weighted by atomic mass is 10.1. The van der Waals surface area contributed by atoms with Crippen molar-refractivity contribution in [2.75, 3.05) is 13.7 Å². The van der Waals surface area contributed by atoms with Crippen molar-refractivity contribution in [2.24, 2.45) is 5.84 Å². The van der Waals surface area contributed by atoms with E-state index < -0.39 is 0 Å². The molecule has 2 aromatic rings. The first kappa shape index (κ1) is 14.0. The van der Waals surface area contributed by atoms with Gasteiger partial charge >= 0.3 is 0 Å². The predicted octanol–water partition coefficient (Wildman–Crippen LogP) is 1.47. The van der Waals surface area contributed by atoms with Gasteiger partial charge in [-0.15, -0.1) is 0 Å². The Hall–Kier alpha value is -1.43. The second-order valence-corrected chi connectivity index (χ2v) is 4.61. The number of fused-ring (bicyclic) bond motifs is 1. The number of methoxy groups -OCH3 is 1. The molecule has 0 aliphatic rings. The van der Waals surface area contributed by atoms with E-state index in [1.165, 1.54) is 5.52 Å². The van der Waals surface area contributed by atoms with Crippen LogP contribution in [0.15, 0.2) is 24.3 Å². The number of nitrogens with zero attached hydrogens (tertiary/aromatic N) is 2. The van der Waals surface area contributed by atoms with Crippen LogP contribution in [0.2, 0.25) is 0 Å². The number of benzene rings is 1. The summed E-state index contributed by atoms with van der Waals surface area (Å²) in [6, 6.07) is 8.40. The van der Waals surface area contributed by atoms with Gasteiger partial charge in [-0.1, -0.05) is 12.1 Å². The minimum atomic E-state index is 0.182. The summed E-state index contributed by atoms with van der Waals surface area (Å²) in [5.41, 5.74) is 5.07. The molecule has 1 aromatic heterocycles. The number of nitrogens with two attached hydrogens (primary N) is 1. The second-order valence-electron chi connectivity index (χ2n) is 4.61. The number of aryl methyl sites for hydroxylation is 1. The average molecular weight is 262 g/mol. The first-order valence-electron chi connectivity index (χ1n) is 6.69. The Morgan fingerprint density at radius 2 is 2.21 bits per heavy atom. The van der Waals surface area contributed by atoms with Crippen LogP contribution in [-0.4, -0.2) is 29.3 Å². The summed E-state index contributed by atoms with van der Waals surface area (Å²) in [4.78, 5) is 4.71. The molecule has 1 aromatic carbocycles. The van der Waals surface area contributed by atoms with Gasteiger partial charge in [-0.2, -0.15) is 0 Å². The lowest BCUT2D eigenvalue weighted by molar-refractivity contribution is 0.182. The van der Waals surface area contributed by atoms with Crippen LogP contribution in [0.1, 0.15) is 19.2 Å². The van der Waals surface area contributed by atoms with Crippen LogP contribution in [-0.2, 0) is 17.7 Å². The fourth-order valence-corrected chi connectivity index (χ4v) is 2.36. The maximum absolute atomic E-state index is 5.60. The molecule has 0 aliphatic carbocycles. The van der Waals surface area contributed by atoms with Gasteiger partial charge in [-0.05, 0) is 25.5 Å². The maximum atomic E-state index is 5.60. The van der Waals surface area contributed by atoms with Gasteiger partial charge in [0.15, 0.2) is 0 Å². The Morgan fingerprint density at radius 1 is 1.42 bits per heavy atom. The summed E-state index contributed by atoms with van der Waals surface area (Å²) in [6.45, 7) is 3.75. The third kappa shape index (κ3) is 3.12. The molecule has 0 saturated heterocycles. The van der Waals surface area contributed by atoms with E-state index in [0.717, 1.165) is 30.7 Å². The number of hydrogen-bond acceptors (Lipinski definition) is 4. The Balaban J connectivity index is 2.23. The van der Waals surface area contributed by atoms with Gasteiger partial charge in [-0.25, -0.2) is 4.98 Å². The topological polar surface area (TPSA) is 65.1 Å². The highest BCUT2D eigenvalue weighted by Gasteiger charge is 2.14. The number of hydrazine groups is 1.